The SMILES string of the molecule is CCCCCCCC/C=C/C1=C(C)C(=O)C(C)=C(C)C1=O. The Kier molecular flexibility index (Phi) is 7.35. The number of carbonyl (C=O) groups excluding carboxylic acids is 2. The standard InChI is InChI=1S/C19H28O2/c1-5-6-7-8-9-10-11-12-13-17-16(4)18(20)14(2)15(3)19(17)21/h12-13H,5-11H2,1-4H3/b13-12+. The van der Waals surface area contributed by atoms with Gasteiger partial charge in [0.1, 0.15) is 0 Å². The maximum atomic E-state index is 12.2. The molecule has 0 bridgehead atoms. The molecule has 0 unspecified atom stereocenters. The molecule has 1 aliphatic rings. The van der Waals surface area contributed by atoms with Crippen LogP contribution in [-0.2, 0) is 9.59 Å². The molecule has 0 fully saturated rings. The summed E-state index contributed by atoms with van der Waals surface area (Å²) in [5.41, 5.74) is 2.34. The zero-order valence-corrected chi connectivity index (χ0v) is 13.9. The molecule has 0 radical (unpaired) electrons. The van der Waals surface area contributed by atoms with Crippen LogP contribution in [0.5, 0.6) is 0 Å². The fourth-order valence-corrected chi connectivity index (χ4v) is 2.56. The van der Waals surface area contributed by atoms with E-state index in [-0.39, 0.29) is 11.6 Å². The molecule has 0 heterocycles. The van der Waals surface area contributed by atoms with Gasteiger partial charge in [-0.2, -0.15) is 0 Å². The molecule has 0 aromatic carbocycles. The van der Waals surface area contributed by atoms with E-state index in [2.05, 4.69) is 6.92 Å². The lowest BCUT2D eigenvalue weighted by Gasteiger charge is -2.16. The molecule has 2 nitrogen and oxygen atoms in total. The van der Waals surface area contributed by atoms with E-state index in [9.17, 15) is 9.59 Å². The first-order valence-corrected chi connectivity index (χ1v) is 8.15. The van der Waals surface area contributed by atoms with Gasteiger partial charge in [0, 0.05) is 22.3 Å². The van der Waals surface area contributed by atoms with Crippen molar-refractivity contribution in [2.75, 3.05) is 0 Å². The number of ketones is 2. The fraction of sp³-hybridized carbons (Fsp3) is 0.579. The Morgan fingerprint density at radius 3 is 2.00 bits per heavy atom. The lowest BCUT2D eigenvalue weighted by molar-refractivity contribution is -0.116. The van der Waals surface area contributed by atoms with E-state index in [4.69, 9.17) is 0 Å². The molecule has 0 aromatic heterocycles. The molecule has 0 saturated heterocycles. The van der Waals surface area contributed by atoms with Crippen molar-refractivity contribution in [2.45, 2.75) is 72.6 Å². The molecular formula is C19H28O2. The summed E-state index contributed by atoms with van der Waals surface area (Å²) in [6.07, 6.45) is 12.5. The van der Waals surface area contributed by atoms with Crippen molar-refractivity contribution < 1.29 is 9.59 Å². The molecule has 0 amide bonds. The van der Waals surface area contributed by atoms with E-state index in [0.29, 0.717) is 22.3 Å². The van der Waals surface area contributed by atoms with Crippen molar-refractivity contribution >= 4 is 11.6 Å². The normalized spacial score (nSPS) is 16.6. The first-order chi connectivity index (χ1) is 10.0. The lowest BCUT2D eigenvalue weighted by atomic mass is 9.86. The summed E-state index contributed by atoms with van der Waals surface area (Å²) in [5, 5.41) is 0. The molecule has 0 saturated carbocycles. The van der Waals surface area contributed by atoms with Crippen LogP contribution in [0.1, 0.15) is 72.6 Å². The molecule has 1 rings (SSSR count). The second-order valence-electron chi connectivity index (χ2n) is 5.91. The van der Waals surface area contributed by atoms with Gasteiger partial charge in [-0.05, 0) is 33.6 Å². The van der Waals surface area contributed by atoms with Gasteiger partial charge in [-0.1, -0.05) is 51.2 Å². The van der Waals surface area contributed by atoms with Gasteiger partial charge in [0.25, 0.3) is 0 Å². The van der Waals surface area contributed by atoms with Crippen molar-refractivity contribution in [2.24, 2.45) is 0 Å². The summed E-state index contributed by atoms with van der Waals surface area (Å²) in [7, 11) is 0. The van der Waals surface area contributed by atoms with Crippen LogP contribution in [0.3, 0.4) is 0 Å². The van der Waals surface area contributed by atoms with Gasteiger partial charge < -0.3 is 0 Å². The van der Waals surface area contributed by atoms with Crippen LogP contribution in [0.2, 0.25) is 0 Å². The van der Waals surface area contributed by atoms with Crippen LogP contribution in [0.25, 0.3) is 0 Å². The zero-order valence-electron chi connectivity index (χ0n) is 13.9. The summed E-state index contributed by atoms with van der Waals surface area (Å²) >= 11 is 0. The maximum Gasteiger partial charge on any atom is 0.189 e. The van der Waals surface area contributed by atoms with Crippen LogP contribution in [0, 0.1) is 0 Å². The van der Waals surface area contributed by atoms with Gasteiger partial charge in [-0.25, -0.2) is 0 Å². The zero-order chi connectivity index (χ0) is 15.8. The van der Waals surface area contributed by atoms with E-state index in [1.54, 1.807) is 20.8 Å². The third-order valence-corrected chi connectivity index (χ3v) is 4.24. The molecule has 1 aliphatic carbocycles. The average Bonchev–Trinajstić information content (AvgIpc) is 2.49. The van der Waals surface area contributed by atoms with Crippen LogP contribution in [0.15, 0.2) is 34.4 Å². The summed E-state index contributed by atoms with van der Waals surface area (Å²) in [6, 6.07) is 0. The van der Waals surface area contributed by atoms with Gasteiger partial charge in [0.15, 0.2) is 11.6 Å². The van der Waals surface area contributed by atoms with Crippen LogP contribution >= 0.6 is 0 Å². The highest BCUT2D eigenvalue weighted by molar-refractivity contribution is 6.25. The van der Waals surface area contributed by atoms with Crippen LogP contribution in [-0.4, -0.2) is 11.6 Å². The maximum absolute atomic E-state index is 12.2. The average molecular weight is 288 g/mol. The third kappa shape index (κ3) is 4.80. The third-order valence-electron chi connectivity index (χ3n) is 4.24. The van der Waals surface area contributed by atoms with Crippen molar-refractivity contribution in [1.82, 2.24) is 0 Å². The Balaban J connectivity index is 2.49. The van der Waals surface area contributed by atoms with Gasteiger partial charge >= 0.3 is 0 Å². The van der Waals surface area contributed by atoms with Gasteiger partial charge in [0.05, 0.1) is 0 Å². The molecular weight excluding hydrogens is 260 g/mol. The highest BCUT2D eigenvalue weighted by Gasteiger charge is 2.25. The first kappa shape index (κ1) is 17.6. The monoisotopic (exact) mass is 288 g/mol. The van der Waals surface area contributed by atoms with Gasteiger partial charge in [0.2, 0.25) is 0 Å². The number of rotatable bonds is 8. The number of Topliss-reactive ketones (excluding diaryl/α,β-unsaturated/α-hetero) is 2. The number of hydrogen-bond donors (Lipinski definition) is 0. The van der Waals surface area contributed by atoms with Gasteiger partial charge in [-0.15, -0.1) is 0 Å². The van der Waals surface area contributed by atoms with Crippen LogP contribution in [0.4, 0.5) is 0 Å². The minimum atomic E-state index is 0.00351. The predicted molar refractivity (Wildman–Crippen MR) is 88.2 cm³/mol. The molecule has 0 aromatic rings. The Morgan fingerprint density at radius 2 is 1.33 bits per heavy atom. The largest absolute Gasteiger partial charge is 0.289 e. The quantitative estimate of drug-likeness (QED) is 0.460. The molecule has 0 N–H and O–H groups in total. The van der Waals surface area contributed by atoms with Crippen LogP contribution < -0.4 is 0 Å². The van der Waals surface area contributed by atoms with E-state index < -0.39 is 0 Å². The molecule has 2 heteroatoms. The number of hydrogen-bond acceptors (Lipinski definition) is 2. The Hall–Kier alpha value is -1.44. The summed E-state index contributed by atoms with van der Waals surface area (Å²) in [4.78, 5) is 24.2. The van der Waals surface area contributed by atoms with E-state index in [1.165, 1.54) is 32.1 Å². The summed E-state index contributed by atoms with van der Waals surface area (Å²) < 4.78 is 0. The van der Waals surface area contributed by atoms with Crippen molar-refractivity contribution in [3.05, 3.63) is 34.4 Å². The summed E-state index contributed by atoms with van der Waals surface area (Å²) in [6.45, 7) is 7.44. The Labute approximate surface area is 129 Å². The number of carbonyl (C=O) groups is 2. The van der Waals surface area contributed by atoms with Crippen molar-refractivity contribution in [1.29, 1.82) is 0 Å². The minimum absolute atomic E-state index is 0.00351. The second-order valence-corrected chi connectivity index (χ2v) is 5.91. The highest BCUT2D eigenvalue weighted by atomic mass is 16.1. The van der Waals surface area contributed by atoms with Gasteiger partial charge in [-0.3, -0.25) is 9.59 Å². The Morgan fingerprint density at radius 1 is 0.762 bits per heavy atom. The first-order valence-electron chi connectivity index (χ1n) is 8.15. The van der Waals surface area contributed by atoms with Crippen molar-refractivity contribution in [3.8, 4) is 0 Å². The topological polar surface area (TPSA) is 34.1 Å². The van der Waals surface area contributed by atoms with E-state index >= 15 is 0 Å². The van der Waals surface area contributed by atoms with Crippen molar-refractivity contribution in [3.63, 3.8) is 0 Å². The van der Waals surface area contributed by atoms with E-state index in [0.717, 1.165) is 12.8 Å². The number of allylic oxidation sites excluding steroid dienone is 6. The minimum Gasteiger partial charge on any atom is -0.289 e. The lowest BCUT2D eigenvalue weighted by Crippen LogP contribution is -2.19. The molecule has 0 aliphatic heterocycles. The predicted octanol–water partition coefficient (Wildman–Crippen LogP) is 5.10. The van der Waals surface area contributed by atoms with E-state index in [1.807, 2.05) is 12.2 Å². The Bertz CT molecular complexity index is 490. The smallest absolute Gasteiger partial charge is 0.189 e. The number of unbranched alkanes of at least 4 members (excludes halogenated alkanes) is 6. The highest BCUT2D eigenvalue weighted by Crippen LogP contribution is 2.25. The molecule has 116 valence electrons. The molecule has 21 heavy (non-hydrogen) atoms. The molecule has 0 spiro atoms. The second kappa shape index (κ2) is 8.76. The summed E-state index contributed by atoms with van der Waals surface area (Å²) in [5.74, 6) is 0.00936. The molecule has 0 atom stereocenters. The fourth-order valence-electron chi connectivity index (χ4n) is 2.56.